The highest BCUT2D eigenvalue weighted by molar-refractivity contribution is 14.1. The monoisotopic (exact) mass is 298 g/mol. The first kappa shape index (κ1) is 9.39. The number of nitrogens with zero attached hydrogens (tertiary/aromatic N) is 1. The molecule has 70 valence electrons. The molecule has 0 unspecified atom stereocenters. The molecule has 0 saturated carbocycles. The Morgan fingerprint density at radius 1 is 1.36 bits per heavy atom. The lowest BCUT2D eigenvalue weighted by molar-refractivity contribution is 0.1000. The van der Waals surface area contributed by atoms with Crippen LogP contribution in [0, 0.1) is 3.57 Å². The maximum absolute atomic E-state index is 10.9. The Morgan fingerprint density at radius 2 is 2.14 bits per heavy atom. The molecule has 0 bridgehead atoms. The van der Waals surface area contributed by atoms with E-state index in [9.17, 15) is 4.79 Å². The molecule has 2 rings (SSSR count). The van der Waals surface area contributed by atoms with Gasteiger partial charge in [-0.25, -0.2) is 0 Å². The molecule has 4 heteroatoms. The van der Waals surface area contributed by atoms with Crippen molar-refractivity contribution >= 4 is 39.4 Å². The van der Waals surface area contributed by atoms with Crippen LogP contribution in [0.25, 0.3) is 10.9 Å². The fraction of sp³-hybridized carbons (Fsp3) is 0. The third kappa shape index (κ3) is 1.70. The number of carbonyl (C=O) groups excluding carboxylic acids is 1. The highest BCUT2D eigenvalue weighted by Gasteiger charge is 2.02. The van der Waals surface area contributed by atoms with E-state index in [1.54, 1.807) is 6.07 Å². The largest absolute Gasteiger partial charge is 0.366 e. The minimum atomic E-state index is -0.446. The number of fused-ring (bicyclic) bond motifs is 1. The number of amides is 1. The Hall–Kier alpha value is -1.17. The van der Waals surface area contributed by atoms with Gasteiger partial charge in [-0.05, 0) is 46.9 Å². The molecular formula is C10H7IN2O. The number of nitrogens with two attached hydrogens (primary N) is 1. The zero-order valence-electron chi connectivity index (χ0n) is 7.20. The molecule has 0 aliphatic rings. The van der Waals surface area contributed by atoms with Crippen LogP contribution in [0.1, 0.15) is 10.4 Å². The van der Waals surface area contributed by atoms with Crippen molar-refractivity contribution in [2.24, 2.45) is 5.73 Å². The number of halogens is 1. The van der Waals surface area contributed by atoms with Gasteiger partial charge in [-0.1, -0.05) is 0 Å². The summed E-state index contributed by atoms with van der Waals surface area (Å²) in [6.45, 7) is 0. The van der Waals surface area contributed by atoms with Gasteiger partial charge in [-0.2, -0.15) is 0 Å². The van der Waals surface area contributed by atoms with Crippen molar-refractivity contribution in [3.63, 3.8) is 0 Å². The summed E-state index contributed by atoms with van der Waals surface area (Å²) in [6.07, 6.45) is 1.50. The van der Waals surface area contributed by atoms with Crippen LogP contribution in [0.3, 0.4) is 0 Å². The molecule has 2 aromatic rings. The molecule has 0 atom stereocenters. The summed E-state index contributed by atoms with van der Waals surface area (Å²) in [4.78, 5) is 15.0. The zero-order chi connectivity index (χ0) is 10.1. The molecule has 2 N–H and O–H groups in total. The molecule has 1 heterocycles. The fourth-order valence-electron chi connectivity index (χ4n) is 1.24. The molecule has 1 amide bonds. The number of hydrogen-bond donors (Lipinski definition) is 1. The van der Waals surface area contributed by atoms with Gasteiger partial charge >= 0.3 is 0 Å². The summed E-state index contributed by atoms with van der Waals surface area (Å²) in [7, 11) is 0. The van der Waals surface area contributed by atoms with Gasteiger partial charge in [0.15, 0.2) is 0 Å². The van der Waals surface area contributed by atoms with E-state index < -0.39 is 5.91 Å². The van der Waals surface area contributed by atoms with Crippen molar-refractivity contribution in [2.75, 3.05) is 0 Å². The summed E-state index contributed by atoms with van der Waals surface area (Å²) < 4.78 is 1.11. The highest BCUT2D eigenvalue weighted by Crippen LogP contribution is 2.16. The van der Waals surface area contributed by atoms with Crippen LogP contribution >= 0.6 is 22.6 Å². The number of benzene rings is 1. The Kier molecular flexibility index (Phi) is 2.37. The zero-order valence-corrected chi connectivity index (χ0v) is 9.36. The van der Waals surface area contributed by atoms with E-state index in [4.69, 9.17) is 5.73 Å². The molecule has 0 aliphatic heterocycles. The fourth-order valence-corrected chi connectivity index (χ4v) is 1.75. The summed E-state index contributed by atoms with van der Waals surface area (Å²) in [5, 5.41) is 0.938. The van der Waals surface area contributed by atoms with Crippen LogP contribution in [0.2, 0.25) is 0 Å². The Labute approximate surface area is 94.5 Å². The third-order valence-electron chi connectivity index (χ3n) is 1.93. The number of aromatic nitrogens is 1. The number of hydrogen-bond acceptors (Lipinski definition) is 2. The van der Waals surface area contributed by atoms with Gasteiger partial charge in [-0.15, -0.1) is 0 Å². The highest BCUT2D eigenvalue weighted by atomic mass is 127. The number of rotatable bonds is 1. The quantitative estimate of drug-likeness (QED) is 0.818. The van der Waals surface area contributed by atoms with E-state index in [0.29, 0.717) is 5.56 Å². The standard InChI is InChI=1S/C10H7IN2O/c11-8-1-2-9-6(4-8)3-7(5-13-9)10(12)14/h1-5H,(H2,12,14). The molecule has 0 radical (unpaired) electrons. The summed E-state index contributed by atoms with van der Waals surface area (Å²) in [6, 6.07) is 7.61. The van der Waals surface area contributed by atoms with Gasteiger partial charge in [0.1, 0.15) is 0 Å². The van der Waals surface area contributed by atoms with Crippen molar-refractivity contribution in [2.45, 2.75) is 0 Å². The third-order valence-corrected chi connectivity index (χ3v) is 2.60. The molecule has 0 aliphatic carbocycles. The van der Waals surface area contributed by atoms with Crippen molar-refractivity contribution in [1.29, 1.82) is 0 Å². The van der Waals surface area contributed by atoms with Gasteiger partial charge in [0.2, 0.25) is 5.91 Å². The van der Waals surface area contributed by atoms with Crippen molar-refractivity contribution < 1.29 is 4.79 Å². The molecule has 0 saturated heterocycles. The van der Waals surface area contributed by atoms with Crippen LogP contribution in [-0.2, 0) is 0 Å². The number of carbonyl (C=O) groups is 1. The Morgan fingerprint density at radius 3 is 2.86 bits per heavy atom. The topological polar surface area (TPSA) is 56.0 Å². The van der Waals surface area contributed by atoms with Crippen LogP contribution in [0.4, 0.5) is 0 Å². The number of primary amides is 1. The van der Waals surface area contributed by atoms with Gasteiger partial charge in [-0.3, -0.25) is 9.78 Å². The van der Waals surface area contributed by atoms with Gasteiger partial charge in [0.05, 0.1) is 11.1 Å². The van der Waals surface area contributed by atoms with E-state index in [1.165, 1.54) is 6.20 Å². The Bertz CT molecular complexity index is 510. The lowest BCUT2D eigenvalue weighted by atomic mass is 10.1. The van der Waals surface area contributed by atoms with Gasteiger partial charge < -0.3 is 5.73 Å². The lowest BCUT2D eigenvalue weighted by Gasteiger charge is -1.99. The van der Waals surface area contributed by atoms with Gasteiger partial charge in [0, 0.05) is 15.2 Å². The van der Waals surface area contributed by atoms with E-state index in [1.807, 2.05) is 18.2 Å². The SMILES string of the molecule is NC(=O)c1cnc2ccc(I)cc2c1. The van der Waals surface area contributed by atoms with E-state index >= 15 is 0 Å². The van der Waals surface area contributed by atoms with E-state index in [0.717, 1.165) is 14.5 Å². The minimum absolute atomic E-state index is 0.444. The second-order valence-electron chi connectivity index (χ2n) is 2.93. The molecular weight excluding hydrogens is 291 g/mol. The summed E-state index contributed by atoms with van der Waals surface area (Å²) in [5.41, 5.74) is 6.48. The predicted octanol–water partition coefficient (Wildman–Crippen LogP) is 1.94. The maximum atomic E-state index is 10.9. The first-order valence-electron chi connectivity index (χ1n) is 4.02. The summed E-state index contributed by atoms with van der Waals surface area (Å²) >= 11 is 2.21. The van der Waals surface area contributed by atoms with Crippen molar-refractivity contribution in [3.8, 4) is 0 Å². The van der Waals surface area contributed by atoms with Crippen molar-refractivity contribution in [1.82, 2.24) is 4.98 Å². The second-order valence-corrected chi connectivity index (χ2v) is 4.17. The van der Waals surface area contributed by atoms with Crippen molar-refractivity contribution in [3.05, 3.63) is 39.6 Å². The van der Waals surface area contributed by atoms with E-state index in [2.05, 4.69) is 27.6 Å². The minimum Gasteiger partial charge on any atom is -0.366 e. The first-order valence-corrected chi connectivity index (χ1v) is 5.10. The molecule has 0 spiro atoms. The second kappa shape index (κ2) is 3.53. The number of pyridine rings is 1. The van der Waals surface area contributed by atoms with Crippen LogP contribution in [0.5, 0.6) is 0 Å². The van der Waals surface area contributed by atoms with E-state index in [-0.39, 0.29) is 0 Å². The van der Waals surface area contributed by atoms with Crippen LogP contribution in [-0.4, -0.2) is 10.9 Å². The molecule has 1 aromatic heterocycles. The molecule has 0 fully saturated rings. The normalized spacial score (nSPS) is 10.4. The lowest BCUT2D eigenvalue weighted by Crippen LogP contribution is -2.10. The summed E-state index contributed by atoms with van der Waals surface area (Å²) in [5.74, 6) is -0.446. The predicted molar refractivity (Wildman–Crippen MR) is 63.0 cm³/mol. The van der Waals surface area contributed by atoms with Gasteiger partial charge in [0.25, 0.3) is 0 Å². The van der Waals surface area contributed by atoms with Crippen LogP contribution in [0.15, 0.2) is 30.5 Å². The smallest absolute Gasteiger partial charge is 0.250 e. The maximum Gasteiger partial charge on any atom is 0.250 e. The average molecular weight is 298 g/mol. The van der Waals surface area contributed by atoms with Crippen LogP contribution < -0.4 is 5.73 Å². The molecule has 1 aromatic carbocycles. The first-order chi connectivity index (χ1) is 6.66. The molecule has 14 heavy (non-hydrogen) atoms. The molecule has 3 nitrogen and oxygen atoms in total. The average Bonchev–Trinajstić information content (AvgIpc) is 2.16. The Balaban J connectivity index is 2.69.